The highest BCUT2D eigenvalue weighted by Gasteiger charge is 2.16. The average molecular weight is 410 g/mol. The second kappa shape index (κ2) is 8.56. The van der Waals surface area contributed by atoms with Gasteiger partial charge in [-0.05, 0) is 43.5 Å². The molecule has 158 valence electrons. The Kier molecular flexibility index (Phi) is 5.69. The molecule has 0 saturated carbocycles. The summed E-state index contributed by atoms with van der Waals surface area (Å²) < 4.78 is 7.78. The summed E-state index contributed by atoms with van der Waals surface area (Å²) in [6.45, 7) is 3.62. The molecule has 30 heavy (non-hydrogen) atoms. The molecular weight excluding hydrogens is 384 g/mol. The molecule has 1 fully saturated rings. The third-order valence-electron chi connectivity index (χ3n) is 5.29. The SMILES string of the molecule is COc1ccc(C)cc1NC(=O)Cn1nc2nc(N3CCCCCC3)ccn2c1=O. The number of rotatable bonds is 5. The second-order valence-electron chi connectivity index (χ2n) is 7.55. The minimum Gasteiger partial charge on any atom is -0.495 e. The van der Waals surface area contributed by atoms with Crippen LogP contribution < -0.4 is 20.6 Å². The number of anilines is 2. The summed E-state index contributed by atoms with van der Waals surface area (Å²) in [5.74, 6) is 1.30. The van der Waals surface area contributed by atoms with Gasteiger partial charge in [-0.3, -0.25) is 4.79 Å². The molecule has 1 amide bonds. The first-order valence-corrected chi connectivity index (χ1v) is 10.2. The Labute approximate surface area is 174 Å². The number of nitrogens with zero attached hydrogens (tertiary/aromatic N) is 5. The van der Waals surface area contributed by atoms with E-state index in [-0.39, 0.29) is 12.5 Å². The molecule has 2 aromatic heterocycles. The lowest BCUT2D eigenvalue weighted by molar-refractivity contribution is -0.117. The number of benzene rings is 1. The number of amides is 1. The number of methoxy groups -OCH3 is 1. The minimum absolute atomic E-state index is 0.210. The van der Waals surface area contributed by atoms with Gasteiger partial charge in [-0.1, -0.05) is 18.9 Å². The fraction of sp³-hybridized carbons (Fsp3) is 0.429. The van der Waals surface area contributed by atoms with Crippen molar-refractivity contribution in [1.82, 2.24) is 19.2 Å². The van der Waals surface area contributed by atoms with Gasteiger partial charge in [0.1, 0.15) is 18.1 Å². The Morgan fingerprint density at radius 1 is 1.17 bits per heavy atom. The molecule has 1 aliphatic heterocycles. The fourth-order valence-corrected chi connectivity index (χ4v) is 3.72. The van der Waals surface area contributed by atoms with Gasteiger partial charge < -0.3 is 15.0 Å². The lowest BCUT2D eigenvalue weighted by Gasteiger charge is -2.20. The van der Waals surface area contributed by atoms with Crippen molar-refractivity contribution < 1.29 is 9.53 Å². The molecule has 0 aliphatic carbocycles. The number of aryl methyl sites for hydroxylation is 1. The van der Waals surface area contributed by atoms with Crippen molar-refractivity contribution in [3.8, 4) is 5.75 Å². The Bertz CT molecular complexity index is 1110. The highest BCUT2D eigenvalue weighted by molar-refractivity contribution is 5.92. The summed E-state index contributed by atoms with van der Waals surface area (Å²) in [6, 6.07) is 7.34. The highest BCUT2D eigenvalue weighted by atomic mass is 16.5. The maximum absolute atomic E-state index is 12.6. The van der Waals surface area contributed by atoms with Crippen molar-refractivity contribution in [2.75, 3.05) is 30.4 Å². The Hall–Kier alpha value is -3.36. The third-order valence-corrected chi connectivity index (χ3v) is 5.29. The average Bonchev–Trinajstić information content (AvgIpc) is 2.90. The zero-order chi connectivity index (χ0) is 21.1. The van der Waals surface area contributed by atoms with E-state index in [9.17, 15) is 9.59 Å². The van der Waals surface area contributed by atoms with E-state index < -0.39 is 5.69 Å². The fourth-order valence-electron chi connectivity index (χ4n) is 3.72. The largest absolute Gasteiger partial charge is 0.495 e. The van der Waals surface area contributed by atoms with Crippen molar-refractivity contribution in [1.29, 1.82) is 0 Å². The van der Waals surface area contributed by atoms with Gasteiger partial charge in [-0.2, -0.15) is 4.98 Å². The standard InChI is InChI=1S/C21H26N6O3/c1-15-7-8-17(30-2)16(13-15)22-19(28)14-27-21(29)26-12-9-18(23-20(26)24-27)25-10-5-3-4-6-11-25/h7-9,12-13H,3-6,10-11,14H2,1-2H3,(H,22,28). The number of carbonyl (C=O) groups excluding carboxylic acids is 1. The minimum atomic E-state index is -0.397. The van der Waals surface area contributed by atoms with Crippen LogP contribution in [0, 0.1) is 6.92 Å². The molecule has 0 atom stereocenters. The van der Waals surface area contributed by atoms with Gasteiger partial charge in [0.15, 0.2) is 0 Å². The molecule has 1 aromatic carbocycles. The number of hydrogen-bond donors (Lipinski definition) is 1. The van der Waals surface area contributed by atoms with E-state index in [0.29, 0.717) is 17.2 Å². The second-order valence-corrected chi connectivity index (χ2v) is 7.55. The number of fused-ring (bicyclic) bond motifs is 1. The van der Waals surface area contributed by atoms with Crippen LogP contribution >= 0.6 is 0 Å². The number of carbonyl (C=O) groups is 1. The first-order chi connectivity index (χ1) is 14.5. The third kappa shape index (κ3) is 4.14. The molecule has 0 radical (unpaired) electrons. The van der Waals surface area contributed by atoms with E-state index in [1.54, 1.807) is 19.4 Å². The monoisotopic (exact) mass is 410 g/mol. The highest BCUT2D eigenvalue weighted by Crippen LogP contribution is 2.25. The van der Waals surface area contributed by atoms with Crippen LogP contribution in [-0.4, -0.2) is 45.3 Å². The summed E-state index contributed by atoms with van der Waals surface area (Å²) in [5.41, 5.74) is 1.15. The van der Waals surface area contributed by atoms with Crippen molar-refractivity contribution in [2.45, 2.75) is 39.2 Å². The maximum Gasteiger partial charge on any atom is 0.352 e. The Morgan fingerprint density at radius 2 is 1.93 bits per heavy atom. The number of aromatic nitrogens is 4. The van der Waals surface area contributed by atoms with Crippen LogP contribution in [0.2, 0.25) is 0 Å². The smallest absolute Gasteiger partial charge is 0.352 e. The van der Waals surface area contributed by atoms with Crippen LogP contribution in [-0.2, 0) is 11.3 Å². The van der Waals surface area contributed by atoms with Crippen LogP contribution in [0.5, 0.6) is 5.75 Å². The van der Waals surface area contributed by atoms with Crippen molar-refractivity contribution in [3.05, 3.63) is 46.5 Å². The van der Waals surface area contributed by atoms with Crippen LogP contribution in [0.4, 0.5) is 11.5 Å². The first-order valence-electron chi connectivity index (χ1n) is 10.2. The zero-order valence-corrected chi connectivity index (χ0v) is 17.3. The molecule has 1 saturated heterocycles. The molecule has 1 N–H and O–H groups in total. The van der Waals surface area contributed by atoms with Crippen molar-refractivity contribution in [3.63, 3.8) is 0 Å². The molecule has 9 nitrogen and oxygen atoms in total. The summed E-state index contributed by atoms with van der Waals surface area (Å²) in [4.78, 5) is 32.0. The quantitative estimate of drug-likeness (QED) is 0.693. The van der Waals surface area contributed by atoms with Crippen molar-refractivity contribution >= 4 is 23.2 Å². The number of ether oxygens (including phenoxy) is 1. The van der Waals surface area contributed by atoms with Gasteiger partial charge in [0.25, 0.3) is 5.78 Å². The molecular formula is C21H26N6O3. The Balaban J connectivity index is 1.54. The number of nitrogens with one attached hydrogen (secondary N) is 1. The topological polar surface area (TPSA) is 93.8 Å². The predicted octanol–water partition coefficient (Wildman–Crippen LogP) is 2.23. The summed E-state index contributed by atoms with van der Waals surface area (Å²) in [5, 5.41) is 7.06. The predicted molar refractivity (Wildman–Crippen MR) is 114 cm³/mol. The molecule has 0 bridgehead atoms. The molecule has 1 aliphatic rings. The van der Waals surface area contributed by atoms with E-state index in [1.807, 2.05) is 25.1 Å². The van der Waals surface area contributed by atoms with Crippen LogP contribution in [0.1, 0.15) is 31.2 Å². The lowest BCUT2D eigenvalue weighted by atomic mass is 10.2. The molecule has 9 heteroatoms. The normalized spacial score (nSPS) is 14.5. The Morgan fingerprint density at radius 3 is 2.67 bits per heavy atom. The van der Waals surface area contributed by atoms with E-state index in [4.69, 9.17) is 4.74 Å². The number of hydrogen-bond acceptors (Lipinski definition) is 6. The van der Waals surface area contributed by atoms with E-state index in [1.165, 1.54) is 17.2 Å². The van der Waals surface area contributed by atoms with Gasteiger partial charge >= 0.3 is 5.69 Å². The molecule has 3 aromatic rings. The van der Waals surface area contributed by atoms with Gasteiger partial charge in [0, 0.05) is 19.3 Å². The summed E-state index contributed by atoms with van der Waals surface area (Å²) in [7, 11) is 1.54. The van der Waals surface area contributed by atoms with Gasteiger partial charge in [0.05, 0.1) is 12.8 Å². The lowest BCUT2D eigenvalue weighted by Crippen LogP contribution is -2.28. The zero-order valence-electron chi connectivity index (χ0n) is 17.3. The van der Waals surface area contributed by atoms with Crippen LogP contribution in [0.25, 0.3) is 5.78 Å². The molecule has 3 heterocycles. The summed E-state index contributed by atoms with van der Waals surface area (Å²) in [6.07, 6.45) is 6.41. The summed E-state index contributed by atoms with van der Waals surface area (Å²) >= 11 is 0. The first kappa shape index (κ1) is 19.9. The van der Waals surface area contributed by atoms with Gasteiger partial charge in [-0.15, -0.1) is 5.10 Å². The molecule has 0 spiro atoms. The van der Waals surface area contributed by atoms with Crippen molar-refractivity contribution in [2.24, 2.45) is 0 Å². The van der Waals surface area contributed by atoms with Gasteiger partial charge in [0.2, 0.25) is 5.91 Å². The van der Waals surface area contributed by atoms with E-state index in [2.05, 4.69) is 20.3 Å². The van der Waals surface area contributed by atoms with Crippen LogP contribution in [0.15, 0.2) is 35.3 Å². The van der Waals surface area contributed by atoms with Crippen LogP contribution in [0.3, 0.4) is 0 Å². The maximum atomic E-state index is 12.6. The van der Waals surface area contributed by atoms with E-state index in [0.717, 1.165) is 42.0 Å². The van der Waals surface area contributed by atoms with Gasteiger partial charge in [-0.25, -0.2) is 13.9 Å². The van der Waals surface area contributed by atoms with E-state index >= 15 is 0 Å². The molecule has 0 unspecified atom stereocenters. The molecule has 4 rings (SSSR count).